The van der Waals surface area contributed by atoms with E-state index in [1.165, 1.54) is 5.57 Å². The second-order valence-corrected chi connectivity index (χ2v) is 7.08. The van der Waals surface area contributed by atoms with Gasteiger partial charge in [-0.3, -0.25) is 0 Å². The van der Waals surface area contributed by atoms with E-state index >= 15 is 0 Å². The Labute approximate surface area is 162 Å². The van der Waals surface area contributed by atoms with Crippen molar-refractivity contribution in [1.29, 1.82) is 0 Å². The average Bonchev–Trinajstić information content (AvgIpc) is 3.17. The van der Waals surface area contributed by atoms with Crippen molar-refractivity contribution in [3.8, 4) is 5.88 Å². The van der Waals surface area contributed by atoms with Gasteiger partial charge in [-0.15, -0.1) is 5.10 Å². The Balaban J connectivity index is 1.46. The van der Waals surface area contributed by atoms with Crippen molar-refractivity contribution >= 4 is 23.1 Å². The molecule has 0 saturated carbocycles. The van der Waals surface area contributed by atoms with Gasteiger partial charge < -0.3 is 14.8 Å². The van der Waals surface area contributed by atoms with E-state index < -0.39 is 0 Å². The van der Waals surface area contributed by atoms with Crippen molar-refractivity contribution in [2.45, 2.75) is 31.7 Å². The normalized spacial score (nSPS) is 17.2. The molecule has 0 bridgehead atoms. The predicted octanol–water partition coefficient (Wildman–Crippen LogP) is 2.61. The lowest BCUT2D eigenvalue weighted by Gasteiger charge is -2.22. The van der Waals surface area contributed by atoms with E-state index in [-0.39, 0.29) is 0 Å². The first kappa shape index (κ1) is 17.1. The van der Waals surface area contributed by atoms with Crippen LogP contribution in [0.25, 0.3) is 17.2 Å². The lowest BCUT2D eigenvalue weighted by molar-refractivity contribution is 0.0903. The number of hydrogen-bond acceptors (Lipinski definition) is 7. The molecule has 1 N–H and O–H groups in total. The Morgan fingerprint density at radius 2 is 2.07 bits per heavy atom. The molecule has 0 atom stereocenters. The summed E-state index contributed by atoms with van der Waals surface area (Å²) in [5.41, 5.74) is 5.33. The van der Waals surface area contributed by atoms with Crippen LogP contribution in [0.3, 0.4) is 0 Å². The fourth-order valence-corrected chi connectivity index (χ4v) is 3.89. The van der Waals surface area contributed by atoms with E-state index in [1.54, 1.807) is 13.4 Å². The molecule has 0 spiro atoms. The first-order valence-electron chi connectivity index (χ1n) is 9.59. The zero-order valence-corrected chi connectivity index (χ0v) is 15.8. The molecule has 1 saturated heterocycles. The van der Waals surface area contributed by atoms with Crippen LogP contribution in [0.4, 0.5) is 5.95 Å². The van der Waals surface area contributed by atoms with Gasteiger partial charge in [0.25, 0.3) is 0 Å². The number of anilines is 1. The molecule has 3 aromatic rings. The van der Waals surface area contributed by atoms with Gasteiger partial charge >= 0.3 is 0 Å². The highest BCUT2D eigenvalue weighted by Gasteiger charge is 2.20. The molecule has 144 valence electrons. The minimum atomic E-state index is 0.367. The molecule has 2 aliphatic rings. The van der Waals surface area contributed by atoms with Gasteiger partial charge in [-0.2, -0.15) is 0 Å². The number of methoxy groups -OCH3 is 1. The van der Waals surface area contributed by atoms with Crippen LogP contribution < -0.4 is 10.1 Å². The van der Waals surface area contributed by atoms with Crippen LogP contribution in [0, 0.1) is 0 Å². The molecule has 8 nitrogen and oxygen atoms in total. The molecule has 3 aromatic heterocycles. The molecule has 8 heteroatoms. The fourth-order valence-electron chi connectivity index (χ4n) is 3.89. The van der Waals surface area contributed by atoms with Gasteiger partial charge in [-0.1, -0.05) is 0 Å². The number of ether oxygens (including phenoxy) is 2. The maximum absolute atomic E-state index is 5.41. The summed E-state index contributed by atoms with van der Waals surface area (Å²) in [5.74, 6) is 1.27. The third kappa shape index (κ3) is 3.09. The van der Waals surface area contributed by atoms with Crippen LogP contribution >= 0.6 is 0 Å². The summed E-state index contributed by atoms with van der Waals surface area (Å²) < 4.78 is 12.7. The average molecular weight is 378 g/mol. The van der Waals surface area contributed by atoms with Gasteiger partial charge in [0.2, 0.25) is 11.8 Å². The smallest absolute Gasteiger partial charge is 0.241 e. The number of nitrogens with zero attached hydrogens (tertiary/aromatic N) is 5. The number of allylic oxidation sites excluding steroid dienone is 1. The van der Waals surface area contributed by atoms with Crippen LogP contribution in [0.2, 0.25) is 0 Å². The number of aryl methyl sites for hydroxylation is 1. The minimum Gasteiger partial charge on any atom is -0.480 e. The first-order chi connectivity index (χ1) is 13.8. The topological polar surface area (TPSA) is 86.5 Å². The van der Waals surface area contributed by atoms with Gasteiger partial charge in [-0.05, 0) is 43.4 Å². The van der Waals surface area contributed by atoms with Crippen LogP contribution in [0.5, 0.6) is 5.88 Å². The third-order valence-electron chi connectivity index (χ3n) is 5.39. The number of rotatable bonds is 4. The van der Waals surface area contributed by atoms with Crippen molar-refractivity contribution in [3.05, 3.63) is 41.6 Å². The van der Waals surface area contributed by atoms with Gasteiger partial charge in [0, 0.05) is 31.0 Å². The van der Waals surface area contributed by atoms with Crippen molar-refractivity contribution in [2.75, 3.05) is 25.6 Å². The summed E-state index contributed by atoms with van der Waals surface area (Å²) in [6, 6.07) is 2.46. The van der Waals surface area contributed by atoms with Gasteiger partial charge in [0.1, 0.15) is 6.33 Å². The Morgan fingerprint density at radius 1 is 1.18 bits per heavy atom. The molecule has 0 radical (unpaired) electrons. The molecular formula is C20H22N6O2. The zero-order chi connectivity index (χ0) is 18.9. The van der Waals surface area contributed by atoms with Crippen LogP contribution in [-0.4, -0.2) is 50.9 Å². The zero-order valence-electron chi connectivity index (χ0n) is 15.8. The molecule has 1 aliphatic heterocycles. The maximum Gasteiger partial charge on any atom is 0.241 e. The maximum atomic E-state index is 5.41. The Bertz CT molecular complexity index is 1040. The highest BCUT2D eigenvalue weighted by molar-refractivity contribution is 5.90. The standard InChI is InChI=1S/C20H22N6O2/c1-27-19-16-10-13(2-3-17(16)22-12-23-19)15-4-7-26-18(15)11-21-20(25-26)24-14-5-8-28-9-6-14/h4,7,10-12,14H,2-3,5-6,8-9H2,1H3,(H,24,25). The number of hydrogen-bond donors (Lipinski definition) is 1. The van der Waals surface area contributed by atoms with Crippen LogP contribution in [0.1, 0.15) is 36.1 Å². The Kier molecular flexibility index (Phi) is 4.40. The Morgan fingerprint density at radius 3 is 2.93 bits per heavy atom. The van der Waals surface area contributed by atoms with E-state index in [9.17, 15) is 0 Å². The lowest BCUT2D eigenvalue weighted by atomic mass is 9.92. The number of fused-ring (bicyclic) bond motifs is 2. The van der Waals surface area contributed by atoms with E-state index in [1.807, 2.05) is 16.9 Å². The molecule has 1 fully saturated rings. The molecule has 0 amide bonds. The summed E-state index contributed by atoms with van der Waals surface area (Å²) in [6.45, 7) is 1.58. The van der Waals surface area contributed by atoms with Gasteiger partial charge in [0.05, 0.1) is 30.1 Å². The van der Waals surface area contributed by atoms with Gasteiger partial charge in [0.15, 0.2) is 0 Å². The molecule has 28 heavy (non-hydrogen) atoms. The van der Waals surface area contributed by atoms with E-state index in [4.69, 9.17) is 9.47 Å². The quantitative estimate of drug-likeness (QED) is 0.747. The Hall–Kier alpha value is -3.00. The fraction of sp³-hybridized carbons (Fsp3) is 0.400. The SMILES string of the molecule is COc1ncnc2c1C=C(c1ccn3nc(NC4CCOCC4)ncc13)CC2. The van der Waals surface area contributed by atoms with Crippen molar-refractivity contribution < 1.29 is 9.47 Å². The largest absolute Gasteiger partial charge is 0.480 e. The van der Waals surface area contributed by atoms with Crippen molar-refractivity contribution in [1.82, 2.24) is 24.6 Å². The molecular weight excluding hydrogens is 356 g/mol. The molecule has 0 aromatic carbocycles. The predicted molar refractivity (Wildman–Crippen MR) is 105 cm³/mol. The van der Waals surface area contributed by atoms with Gasteiger partial charge in [-0.25, -0.2) is 19.5 Å². The van der Waals surface area contributed by atoms with E-state index in [2.05, 4.69) is 37.5 Å². The van der Waals surface area contributed by atoms with E-state index in [0.717, 1.165) is 61.2 Å². The third-order valence-corrected chi connectivity index (χ3v) is 5.39. The minimum absolute atomic E-state index is 0.367. The lowest BCUT2D eigenvalue weighted by Crippen LogP contribution is -2.28. The first-order valence-corrected chi connectivity index (χ1v) is 9.59. The number of aromatic nitrogens is 5. The van der Waals surface area contributed by atoms with E-state index in [0.29, 0.717) is 17.9 Å². The monoisotopic (exact) mass is 378 g/mol. The summed E-state index contributed by atoms with van der Waals surface area (Å²) in [7, 11) is 1.64. The second kappa shape index (κ2) is 7.20. The number of nitrogens with one attached hydrogen (secondary N) is 1. The molecule has 5 rings (SSSR count). The summed E-state index contributed by atoms with van der Waals surface area (Å²) >= 11 is 0. The summed E-state index contributed by atoms with van der Waals surface area (Å²) in [6.07, 6.45) is 11.3. The van der Waals surface area contributed by atoms with Crippen LogP contribution in [0.15, 0.2) is 24.8 Å². The van der Waals surface area contributed by atoms with Crippen molar-refractivity contribution in [3.63, 3.8) is 0 Å². The highest BCUT2D eigenvalue weighted by Crippen LogP contribution is 2.34. The molecule has 1 aliphatic carbocycles. The highest BCUT2D eigenvalue weighted by atomic mass is 16.5. The molecule has 0 unspecified atom stereocenters. The molecule has 4 heterocycles. The van der Waals surface area contributed by atoms with Crippen LogP contribution in [-0.2, 0) is 11.2 Å². The summed E-state index contributed by atoms with van der Waals surface area (Å²) in [4.78, 5) is 13.2. The summed E-state index contributed by atoms with van der Waals surface area (Å²) in [5, 5.41) is 8.06. The second-order valence-electron chi connectivity index (χ2n) is 7.08. The van der Waals surface area contributed by atoms with Crippen molar-refractivity contribution in [2.24, 2.45) is 0 Å².